The van der Waals surface area contributed by atoms with Crippen LogP contribution in [0.15, 0.2) is 35.7 Å². The van der Waals surface area contributed by atoms with Crippen molar-refractivity contribution in [3.05, 3.63) is 51.2 Å². The summed E-state index contributed by atoms with van der Waals surface area (Å²) in [7, 11) is 0. The summed E-state index contributed by atoms with van der Waals surface area (Å²) in [5.74, 6) is 0. The van der Waals surface area contributed by atoms with E-state index in [1.54, 1.807) is 11.3 Å². The van der Waals surface area contributed by atoms with Crippen molar-refractivity contribution < 1.29 is 0 Å². The number of hydrogen-bond acceptors (Lipinski definition) is 3. The predicted octanol–water partition coefficient (Wildman–Crippen LogP) is 4.71. The molecule has 0 amide bonds. The molecule has 0 fully saturated rings. The number of nitrogens with two attached hydrogens (primary N) is 1. The number of hydrogen-bond donors (Lipinski definition) is 1. The molecule has 0 radical (unpaired) electrons. The largest absolute Gasteiger partial charge is 0.364 e. The first kappa shape index (κ1) is 16.3. The molecular formula is C17H23ClN2S. The van der Waals surface area contributed by atoms with Gasteiger partial charge in [-0.15, -0.1) is 11.3 Å². The number of anilines is 1. The molecule has 2 aromatic rings. The van der Waals surface area contributed by atoms with Crippen LogP contribution in [0.25, 0.3) is 0 Å². The second kappa shape index (κ2) is 7.30. The fourth-order valence-electron chi connectivity index (χ4n) is 2.46. The fourth-order valence-corrected chi connectivity index (χ4v) is 3.41. The standard InChI is InChI=1S/C17H23ClN2S/c1-12(2)20(11-14-6-5-9-21-14)17-8-4-7-16(18)15(17)10-13(3)19/h4-9,12-13H,10-11,19H2,1-3H3. The fraction of sp³-hybridized carbons (Fsp3) is 0.412. The third-order valence-corrected chi connectivity index (χ3v) is 4.67. The van der Waals surface area contributed by atoms with E-state index in [4.69, 9.17) is 17.3 Å². The van der Waals surface area contributed by atoms with Crippen LogP contribution in [0.1, 0.15) is 31.2 Å². The maximum Gasteiger partial charge on any atom is 0.0525 e. The van der Waals surface area contributed by atoms with Crippen LogP contribution in [-0.4, -0.2) is 12.1 Å². The van der Waals surface area contributed by atoms with Crippen molar-refractivity contribution in [2.45, 2.75) is 45.8 Å². The molecule has 2 N–H and O–H groups in total. The molecule has 114 valence electrons. The highest BCUT2D eigenvalue weighted by molar-refractivity contribution is 7.09. The van der Waals surface area contributed by atoms with Crippen LogP contribution in [0.3, 0.4) is 0 Å². The summed E-state index contributed by atoms with van der Waals surface area (Å²) < 4.78 is 0. The molecule has 0 saturated carbocycles. The van der Waals surface area contributed by atoms with E-state index in [2.05, 4.69) is 42.3 Å². The van der Waals surface area contributed by atoms with Crippen LogP contribution >= 0.6 is 22.9 Å². The van der Waals surface area contributed by atoms with Crippen molar-refractivity contribution in [1.82, 2.24) is 0 Å². The van der Waals surface area contributed by atoms with E-state index in [9.17, 15) is 0 Å². The molecule has 2 rings (SSSR count). The second-order valence-electron chi connectivity index (χ2n) is 5.72. The van der Waals surface area contributed by atoms with Crippen LogP contribution in [0.2, 0.25) is 5.02 Å². The zero-order chi connectivity index (χ0) is 15.4. The van der Waals surface area contributed by atoms with Crippen molar-refractivity contribution in [2.75, 3.05) is 4.90 Å². The van der Waals surface area contributed by atoms with E-state index in [-0.39, 0.29) is 6.04 Å². The number of rotatable bonds is 6. The monoisotopic (exact) mass is 322 g/mol. The van der Waals surface area contributed by atoms with Gasteiger partial charge in [-0.25, -0.2) is 0 Å². The van der Waals surface area contributed by atoms with Gasteiger partial charge in [0.05, 0.1) is 6.54 Å². The summed E-state index contributed by atoms with van der Waals surface area (Å²) in [5.41, 5.74) is 8.35. The zero-order valence-corrected chi connectivity index (χ0v) is 14.4. The summed E-state index contributed by atoms with van der Waals surface area (Å²) >= 11 is 8.21. The van der Waals surface area contributed by atoms with Crippen molar-refractivity contribution in [3.8, 4) is 0 Å². The Morgan fingerprint density at radius 2 is 1.95 bits per heavy atom. The molecule has 0 saturated heterocycles. The molecule has 4 heteroatoms. The molecule has 0 aliphatic carbocycles. The molecule has 0 bridgehead atoms. The highest BCUT2D eigenvalue weighted by atomic mass is 35.5. The topological polar surface area (TPSA) is 29.3 Å². The molecule has 21 heavy (non-hydrogen) atoms. The minimum atomic E-state index is 0.0967. The Labute approximate surface area is 136 Å². The lowest BCUT2D eigenvalue weighted by Crippen LogP contribution is -2.31. The lowest BCUT2D eigenvalue weighted by molar-refractivity contribution is 0.674. The first-order valence-corrected chi connectivity index (χ1v) is 8.56. The summed E-state index contributed by atoms with van der Waals surface area (Å²) in [6, 6.07) is 10.9. The second-order valence-corrected chi connectivity index (χ2v) is 7.16. The first-order valence-electron chi connectivity index (χ1n) is 7.31. The van der Waals surface area contributed by atoms with Crippen molar-refractivity contribution in [2.24, 2.45) is 5.73 Å². The number of thiophene rings is 1. The Bertz CT molecular complexity index is 564. The van der Waals surface area contributed by atoms with Crippen LogP contribution in [0.5, 0.6) is 0 Å². The Balaban J connectivity index is 2.37. The molecule has 1 aromatic carbocycles. The molecule has 0 aliphatic heterocycles. The van der Waals surface area contributed by atoms with Gasteiger partial charge in [-0.2, -0.15) is 0 Å². The SMILES string of the molecule is CC(N)Cc1c(Cl)cccc1N(Cc1cccs1)C(C)C. The van der Waals surface area contributed by atoms with Gasteiger partial charge in [0, 0.05) is 27.7 Å². The van der Waals surface area contributed by atoms with Gasteiger partial charge in [-0.1, -0.05) is 23.7 Å². The molecule has 2 nitrogen and oxygen atoms in total. The molecular weight excluding hydrogens is 300 g/mol. The van der Waals surface area contributed by atoms with E-state index in [1.165, 1.54) is 10.6 Å². The quantitative estimate of drug-likeness (QED) is 0.834. The molecule has 1 aromatic heterocycles. The average molecular weight is 323 g/mol. The highest BCUT2D eigenvalue weighted by Gasteiger charge is 2.18. The van der Waals surface area contributed by atoms with E-state index in [1.807, 2.05) is 19.1 Å². The number of benzene rings is 1. The number of nitrogens with zero attached hydrogens (tertiary/aromatic N) is 1. The minimum absolute atomic E-state index is 0.0967. The average Bonchev–Trinajstić information content (AvgIpc) is 2.91. The molecule has 0 spiro atoms. The van der Waals surface area contributed by atoms with E-state index < -0.39 is 0 Å². The third-order valence-electron chi connectivity index (χ3n) is 3.46. The Morgan fingerprint density at radius 3 is 2.52 bits per heavy atom. The lowest BCUT2D eigenvalue weighted by atomic mass is 10.0. The molecule has 1 unspecified atom stereocenters. The maximum atomic E-state index is 6.42. The Morgan fingerprint density at radius 1 is 1.19 bits per heavy atom. The van der Waals surface area contributed by atoms with Crippen LogP contribution in [-0.2, 0) is 13.0 Å². The normalized spacial score (nSPS) is 12.7. The minimum Gasteiger partial charge on any atom is -0.364 e. The van der Waals surface area contributed by atoms with Crippen LogP contribution < -0.4 is 10.6 Å². The molecule has 1 atom stereocenters. The van der Waals surface area contributed by atoms with Gasteiger partial charge in [0.2, 0.25) is 0 Å². The van der Waals surface area contributed by atoms with E-state index >= 15 is 0 Å². The highest BCUT2D eigenvalue weighted by Crippen LogP contribution is 2.31. The Kier molecular flexibility index (Phi) is 5.68. The summed E-state index contributed by atoms with van der Waals surface area (Å²) in [4.78, 5) is 3.76. The predicted molar refractivity (Wildman–Crippen MR) is 94.4 cm³/mol. The van der Waals surface area contributed by atoms with Gasteiger partial charge in [0.25, 0.3) is 0 Å². The van der Waals surface area contributed by atoms with Crippen LogP contribution in [0.4, 0.5) is 5.69 Å². The van der Waals surface area contributed by atoms with Gasteiger partial charge in [-0.05, 0) is 56.3 Å². The summed E-state index contributed by atoms with van der Waals surface area (Å²) in [5, 5.41) is 2.93. The number of halogens is 1. The first-order chi connectivity index (χ1) is 9.99. The van der Waals surface area contributed by atoms with E-state index in [0.29, 0.717) is 6.04 Å². The third kappa shape index (κ3) is 4.22. The smallest absolute Gasteiger partial charge is 0.0525 e. The molecule has 0 aliphatic rings. The lowest BCUT2D eigenvalue weighted by Gasteiger charge is -2.31. The zero-order valence-electron chi connectivity index (χ0n) is 12.8. The van der Waals surface area contributed by atoms with Gasteiger partial charge in [0.1, 0.15) is 0 Å². The maximum absolute atomic E-state index is 6.42. The van der Waals surface area contributed by atoms with Gasteiger partial charge in [-0.3, -0.25) is 0 Å². The van der Waals surface area contributed by atoms with Gasteiger partial charge < -0.3 is 10.6 Å². The van der Waals surface area contributed by atoms with Gasteiger partial charge in [0.15, 0.2) is 0 Å². The van der Waals surface area contributed by atoms with E-state index in [0.717, 1.165) is 23.6 Å². The van der Waals surface area contributed by atoms with Crippen molar-refractivity contribution in [1.29, 1.82) is 0 Å². The van der Waals surface area contributed by atoms with Gasteiger partial charge >= 0.3 is 0 Å². The summed E-state index contributed by atoms with van der Waals surface area (Å²) in [6.45, 7) is 7.35. The summed E-state index contributed by atoms with van der Waals surface area (Å²) in [6.07, 6.45) is 0.794. The van der Waals surface area contributed by atoms with Crippen LogP contribution in [0, 0.1) is 0 Å². The molecule has 1 heterocycles. The Hall–Kier alpha value is -1.03. The van der Waals surface area contributed by atoms with Crippen molar-refractivity contribution in [3.63, 3.8) is 0 Å². The van der Waals surface area contributed by atoms with Crippen molar-refractivity contribution >= 4 is 28.6 Å².